The van der Waals surface area contributed by atoms with Gasteiger partial charge in [0, 0.05) is 4.47 Å². The predicted molar refractivity (Wildman–Crippen MR) is 65.4 cm³/mol. The Morgan fingerprint density at radius 1 is 1.27 bits per heavy atom. The highest BCUT2D eigenvalue weighted by molar-refractivity contribution is 9.10. The Morgan fingerprint density at radius 3 is 2.93 bits per heavy atom. The van der Waals surface area contributed by atoms with Gasteiger partial charge in [-0.2, -0.15) is 0 Å². The lowest BCUT2D eigenvalue weighted by atomic mass is 10.2. The summed E-state index contributed by atoms with van der Waals surface area (Å²) in [5.41, 5.74) is 1.18. The van der Waals surface area contributed by atoms with Crippen LogP contribution < -0.4 is 0 Å². The van der Waals surface area contributed by atoms with E-state index in [4.69, 9.17) is 4.74 Å². The first-order valence-corrected chi connectivity index (χ1v) is 5.88. The Bertz CT molecular complexity index is 393. The number of allylic oxidation sites excluding steroid dienone is 3. The first-order valence-electron chi connectivity index (χ1n) is 5.08. The fourth-order valence-electron chi connectivity index (χ4n) is 1.49. The van der Waals surface area contributed by atoms with Gasteiger partial charge in [-0.15, -0.1) is 0 Å². The molecule has 2 heteroatoms. The van der Waals surface area contributed by atoms with Crippen molar-refractivity contribution in [2.45, 2.75) is 19.4 Å². The lowest BCUT2D eigenvalue weighted by molar-refractivity contribution is 0.209. The average Bonchev–Trinajstić information content (AvgIpc) is 2.28. The van der Waals surface area contributed by atoms with E-state index < -0.39 is 0 Å². The standard InChI is InChI=1S/C13H13BrO/c14-12-6-4-5-11(9-12)10-15-13-7-2-1-3-8-13/h2,4-9H,1,3,10H2. The predicted octanol–water partition coefficient (Wildman–Crippen LogP) is 4.20. The summed E-state index contributed by atoms with van der Waals surface area (Å²) in [5.74, 6) is 0.987. The molecule has 0 aromatic heterocycles. The molecule has 0 saturated carbocycles. The molecule has 0 saturated heterocycles. The van der Waals surface area contributed by atoms with Gasteiger partial charge < -0.3 is 4.74 Å². The van der Waals surface area contributed by atoms with E-state index >= 15 is 0 Å². The number of rotatable bonds is 3. The van der Waals surface area contributed by atoms with Crippen LogP contribution in [0.4, 0.5) is 0 Å². The SMILES string of the molecule is Brc1cccc(COC2=CCCC=C2)c1. The Hall–Kier alpha value is -1.02. The third kappa shape index (κ3) is 3.24. The summed E-state index contributed by atoms with van der Waals surface area (Å²) in [6.07, 6.45) is 8.55. The number of halogens is 1. The first-order chi connectivity index (χ1) is 7.34. The Labute approximate surface area is 98.6 Å². The van der Waals surface area contributed by atoms with Crippen LogP contribution in [0, 0.1) is 0 Å². The normalized spacial score (nSPS) is 14.9. The molecule has 0 fully saturated rings. The minimum Gasteiger partial charge on any atom is -0.489 e. The molecule has 1 aliphatic rings. The van der Waals surface area contributed by atoms with Crippen LogP contribution in [0.5, 0.6) is 0 Å². The van der Waals surface area contributed by atoms with E-state index in [0.717, 1.165) is 23.1 Å². The molecule has 0 atom stereocenters. The molecule has 0 aliphatic heterocycles. The zero-order valence-corrected chi connectivity index (χ0v) is 10.0. The lowest BCUT2D eigenvalue weighted by Crippen LogP contribution is -1.94. The van der Waals surface area contributed by atoms with Gasteiger partial charge in [-0.3, -0.25) is 0 Å². The molecule has 0 spiro atoms. The molecule has 0 amide bonds. The minimum atomic E-state index is 0.635. The van der Waals surface area contributed by atoms with Crippen LogP contribution in [0.25, 0.3) is 0 Å². The molecule has 0 unspecified atom stereocenters. The maximum Gasteiger partial charge on any atom is 0.115 e. The van der Waals surface area contributed by atoms with Gasteiger partial charge in [-0.05, 0) is 42.7 Å². The van der Waals surface area contributed by atoms with E-state index in [1.54, 1.807) is 0 Å². The molecule has 78 valence electrons. The van der Waals surface area contributed by atoms with Crippen molar-refractivity contribution in [3.8, 4) is 0 Å². The topological polar surface area (TPSA) is 9.23 Å². The number of hydrogen-bond acceptors (Lipinski definition) is 1. The quantitative estimate of drug-likeness (QED) is 0.795. The molecule has 1 nitrogen and oxygen atoms in total. The smallest absolute Gasteiger partial charge is 0.115 e. The van der Waals surface area contributed by atoms with Gasteiger partial charge in [0.15, 0.2) is 0 Å². The molecule has 1 aromatic rings. The van der Waals surface area contributed by atoms with Crippen LogP contribution in [0.1, 0.15) is 18.4 Å². The summed E-state index contributed by atoms with van der Waals surface area (Å²) in [7, 11) is 0. The van der Waals surface area contributed by atoms with E-state index in [9.17, 15) is 0 Å². The molecule has 0 radical (unpaired) electrons. The van der Waals surface area contributed by atoms with Crippen LogP contribution in [0.3, 0.4) is 0 Å². The molecule has 0 bridgehead atoms. The van der Waals surface area contributed by atoms with Crippen LogP contribution >= 0.6 is 15.9 Å². The fourth-order valence-corrected chi connectivity index (χ4v) is 1.94. The largest absolute Gasteiger partial charge is 0.489 e. The maximum atomic E-state index is 5.68. The monoisotopic (exact) mass is 264 g/mol. The van der Waals surface area contributed by atoms with E-state index in [2.05, 4.69) is 40.2 Å². The number of benzene rings is 1. The van der Waals surface area contributed by atoms with Crippen LogP contribution in [0.15, 0.2) is 52.7 Å². The molecule has 15 heavy (non-hydrogen) atoms. The van der Waals surface area contributed by atoms with Gasteiger partial charge in [-0.1, -0.05) is 34.1 Å². The zero-order chi connectivity index (χ0) is 10.5. The highest BCUT2D eigenvalue weighted by atomic mass is 79.9. The average molecular weight is 265 g/mol. The summed E-state index contributed by atoms with van der Waals surface area (Å²) in [6.45, 7) is 0.635. The molecule has 0 N–H and O–H groups in total. The first kappa shape index (κ1) is 10.5. The second-order valence-corrected chi connectivity index (χ2v) is 4.42. The van der Waals surface area contributed by atoms with Gasteiger partial charge in [0.2, 0.25) is 0 Å². The van der Waals surface area contributed by atoms with Gasteiger partial charge in [0.1, 0.15) is 12.4 Å². The summed E-state index contributed by atoms with van der Waals surface area (Å²) < 4.78 is 6.77. The van der Waals surface area contributed by atoms with Crippen molar-refractivity contribution in [1.82, 2.24) is 0 Å². The van der Waals surface area contributed by atoms with Gasteiger partial charge in [0.25, 0.3) is 0 Å². The molecular formula is C13H13BrO. The van der Waals surface area contributed by atoms with Gasteiger partial charge in [-0.25, -0.2) is 0 Å². The highest BCUT2D eigenvalue weighted by Crippen LogP contribution is 2.16. The third-order valence-electron chi connectivity index (χ3n) is 2.26. The van der Waals surface area contributed by atoms with Crippen LogP contribution in [-0.4, -0.2) is 0 Å². The van der Waals surface area contributed by atoms with Crippen LogP contribution in [0.2, 0.25) is 0 Å². The summed E-state index contributed by atoms with van der Waals surface area (Å²) >= 11 is 3.44. The molecule has 1 aromatic carbocycles. The van der Waals surface area contributed by atoms with E-state index in [0.29, 0.717) is 6.61 Å². The molecule has 2 rings (SSSR count). The lowest BCUT2D eigenvalue weighted by Gasteiger charge is -2.09. The maximum absolute atomic E-state index is 5.68. The van der Waals surface area contributed by atoms with Crippen molar-refractivity contribution in [3.05, 3.63) is 58.3 Å². The molecular weight excluding hydrogens is 252 g/mol. The van der Waals surface area contributed by atoms with Crippen LogP contribution in [-0.2, 0) is 11.3 Å². The van der Waals surface area contributed by atoms with Crippen molar-refractivity contribution >= 4 is 15.9 Å². The zero-order valence-electron chi connectivity index (χ0n) is 8.45. The van der Waals surface area contributed by atoms with E-state index in [1.807, 2.05) is 18.2 Å². The van der Waals surface area contributed by atoms with E-state index in [-0.39, 0.29) is 0 Å². The van der Waals surface area contributed by atoms with E-state index in [1.165, 1.54) is 5.56 Å². The second kappa shape index (κ2) is 5.17. The summed E-state index contributed by atoms with van der Waals surface area (Å²) in [5, 5.41) is 0. The fraction of sp³-hybridized carbons (Fsp3) is 0.231. The highest BCUT2D eigenvalue weighted by Gasteiger charge is 1.99. The second-order valence-electron chi connectivity index (χ2n) is 3.50. The molecule has 1 aliphatic carbocycles. The Balaban J connectivity index is 1.93. The van der Waals surface area contributed by atoms with Crippen molar-refractivity contribution in [1.29, 1.82) is 0 Å². The minimum absolute atomic E-state index is 0.635. The van der Waals surface area contributed by atoms with Crippen molar-refractivity contribution in [2.24, 2.45) is 0 Å². The number of hydrogen-bond donors (Lipinski definition) is 0. The van der Waals surface area contributed by atoms with Crippen molar-refractivity contribution < 1.29 is 4.74 Å². The summed E-state index contributed by atoms with van der Waals surface area (Å²) in [4.78, 5) is 0. The summed E-state index contributed by atoms with van der Waals surface area (Å²) in [6, 6.07) is 8.18. The molecule has 0 heterocycles. The third-order valence-corrected chi connectivity index (χ3v) is 2.75. The van der Waals surface area contributed by atoms with Crippen molar-refractivity contribution in [3.63, 3.8) is 0 Å². The Morgan fingerprint density at radius 2 is 2.20 bits per heavy atom. The van der Waals surface area contributed by atoms with Gasteiger partial charge >= 0.3 is 0 Å². The van der Waals surface area contributed by atoms with Gasteiger partial charge in [0.05, 0.1) is 0 Å². The number of ether oxygens (including phenoxy) is 1. The Kier molecular flexibility index (Phi) is 3.62. The van der Waals surface area contributed by atoms with Crippen molar-refractivity contribution in [2.75, 3.05) is 0 Å².